The summed E-state index contributed by atoms with van der Waals surface area (Å²) >= 11 is 0. The predicted octanol–water partition coefficient (Wildman–Crippen LogP) is -3.49. The average Bonchev–Trinajstić information content (AvgIpc) is 2.53. The molecule has 0 aliphatic carbocycles. The van der Waals surface area contributed by atoms with Crippen LogP contribution >= 0.6 is 0 Å². The number of nitrogens with two attached hydrogens (primary N) is 1. The fraction of sp³-hybridized carbons (Fsp3) is 0.714. The standard InChI is InChI=1S/C14H26N4O7/c1-6(2)11(18-12(22)10(15)7(3)20)13(23)16-4-9(21)17-8(5-19)14(24)25/h6-8,10-11,19-20H,4-5,15H2,1-3H3,(H,16,23)(H,17,21)(H,18,22)(H,24,25). The second kappa shape index (κ2) is 10.6. The third-order valence-electron chi connectivity index (χ3n) is 3.31. The summed E-state index contributed by atoms with van der Waals surface area (Å²) < 4.78 is 0. The number of aliphatic carboxylic acids is 1. The highest BCUT2D eigenvalue weighted by Crippen LogP contribution is 2.03. The summed E-state index contributed by atoms with van der Waals surface area (Å²) in [5.41, 5.74) is 5.49. The molecule has 144 valence electrons. The monoisotopic (exact) mass is 362 g/mol. The van der Waals surface area contributed by atoms with E-state index in [9.17, 15) is 24.3 Å². The smallest absolute Gasteiger partial charge is 0.328 e. The minimum Gasteiger partial charge on any atom is -0.480 e. The minimum atomic E-state index is -1.48. The Kier molecular flexibility index (Phi) is 9.64. The Bertz CT molecular complexity index is 496. The Balaban J connectivity index is 4.68. The van der Waals surface area contributed by atoms with Crippen molar-refractivity contribution in [3.63, 3.8) is 0 Å². The number of aliphatic hydroxyl groups excluding tert-OH is 2. The van der Waals surface area contributed by atoms with Crippen LogP contribution in [-0.2, 0) is 19.2 Å². The summed E-state index contributed by atoms with van der Waals surface area (Å²) in [4.78, 5) is 46.3. The van der Waals surface area contributed by atoms with Crippen LogP contribution in [0.2, 0.25) is 0 Å². The van der Waals surface area contributed by atoms with Gasteiger partial charge in [-0.25, -0.2) is 4.79 Å². The van der Waals surface area contributed by atoms with E-state index in [2.05, 4.69) is 10.6 Å². The predicted molar refractivity (Wildman–Crippen MR) is 86.1 cm³/mol. The maximum atomic E-state index is 12.1. The van der Waals surface area contributed by atoms with Gasteiger partial charge < -0.3 is 37.0 Å². The van der Waals surface area contributed by atoms with E-state index in [0.29, 0.717) is 0 Å². The molecule has 0 aliphatic rings. The summed E-state index contributed by atoms with van der Waals surface area (Å²) in [7, 11) is 0. The summed E-state index contributed by atoms with van der Waals surface area (Å²) in [6.07, 6.45) is -1.10. The first-order chi connectivity index (χ1) is 11.5. The van der Waals surface area contributed by atoms with Gasteiger partial charge in [-0.3, -0.25) is 14.4 Å². The summed E-state index contributed by atoms with van der Waals surface area (Å²) in [6.45, 7) is 3.32. The van der Waals surface area contributed by atoms with Crippen LogP contribution in [-0.4, -0.2) is 76.4 Å². The van der Waals surface area contributed by atoms with Gasteiger partial charge in [-0.1, -0.05) is 13.8 Å². The number of carbonyl (C=O) groups excluding carboxylic acids is 3. The molecule has 4 atom stereocenters. The lowest BCUT2D eigenvalue weighted by Gasteiger charge is -2.24. The van der Waals surface area contributed by atoms with Gasteiger partial charge in [0.15, 0.2) is 0 Å². The zero-order valence-electron chi connectivity index (χ0n) is 14.4. The number of rotatable bonds is 10. The Morgan fingerprint density at radius 3 is 2.00 bits per heavy atom. The molecule has 4 unspecified atom stereocenters. The van der Waals surface area contributed by atoms with Gasteiger partial charge in [-0.15, -0.1) is 0 Å². The quantitative estimate of drug-likeness (QED) is 0.208. The van der Waals surface area contributed by atoms with Gasteiger partial charge in [0.2, 0.25) is 17.7 Å². The van der Waals surface area contributed by atoms with E-state index in [1.807, 2.05) is 5.32 Å². The molecule has 8 N–H and O–H groups in total. The Hall–Kier alpha value is -2.24. The molecule has 0 rings (SSSR count). The van der Waals surface area contributed by atoms with Gasteiger partial charge in [-0.05, 0) is 12.8 Å². The lowest BCUT2D eigenvalue weighted by Crippen LogP contribution is -2.57. The van der Waals surface area contributed by atoms with Crippen molar-refractivity contribution in [1.29, 1.82) is 0 Å². The fourth-order valence-electron chi connectivity index (χ4n) is 1.71. The van der Waals surface area contributed by atoms with Gasteiger partial charge in [-0.2, -0.15) is 0 Å². The number of carboxylic acid groups (broad SMARTS) is 1. The number of carboxylic acids is 1. The molecule has 11 heteroatoms. The highest BCUT2D eigenvalue weighted by Gasteiger charge is 2.28. The summed E-state index contributed by atoms with van der Waals surface area (Å²) in [6, 6.07) is -3.69. The molecule has 3 amide bonds. The van der Waals surface area contributed by atoms with Crippen LogP contribution in [0.4, 0.5) is 0 Å². The Morgan fingerprint density at radius 2 is 1.60 bits per heavy atom. The number of aliphatic hydroxyl groups is 2. The molecule has 0 bridgehead atoms. The van der Waals surface area contributed by atoms with E-state index in [1.54, 1.807) is 13.8 Å². The van der Waals surface area contributed by atoms with Crippen LogP contribution in [0, 0.1) is 5.92 Å². The van der Waals surface area contributed by atoms with Crippen molar-refractivity contribution in [1.82, 2.24) is 16.0 Å². The molecule has 0 aromatic carbocycles. The lowest BCUT2D eigenvalue weighted by molar-refractivity contribution is -0.142. The lowest BCUT2D eigenvalue weighted by atomic mass is 10.0. The van der Waals surface area contributed by atoms with Crippen LogP contribution in [0.1, 0.15) is 20.8 Å². The molecule has 0 radical (unpaired) electrons. The SMILES string of the molecule is CC(C)C(NC(=O)C(N)C(C)O)C(=O)NCC(=O)NC(CO)C(=O)O. The van der Waals surface area contributed by atoms with E-state index >= 15 is 0 Å². The van der Waals surface area contributed by atoms with E-state index in [0.717, 1.165) is 0 Å². The summed E-state index contributed by atoms with van der Waals surface area (Å²) in [5.74, 6) is -3.96. The molecule has 0 aliphatic heterocycles. The summed E-state index contributed by atoms with van der Waals surface area (Å²) in [5, 5.41) is 33.5. The Morgan fingerprint density at radius 1 is 1.04 bits per heavy atom. The number of hydrogen-bond acceptors (Lipinski definition) is 7. The van der Waals surface area contributed by atoms with Crippen molar-refractivity contribution in [2.75, 3.05) is 13.2 Å². The molecule has 0 heterocycles. The van der Waals surface area contributed by atoms with Gasteiger partial charge in [0, 0.05) is 0 Å². The van der Waals surface area contributed by atoms with E-state index in [1.165, 1.54) is 6.92 Å². The van der Waals surface area contributed by atoms with Gasteiger partial charge in [0.05, 0.1) is 19.3 Å². The molecule has 0 aromatic heterocycles. The normalized spacial score (nSPS) is 15.6. The van der Waals surface area contributed by atoms with Gasteiger partial charge in [0.1, 0.15) is 18.1 Å². The van der Waals surface area contributed by atoms with Crippen molar-refractivity contribution < 1.29 is 34.5 Å². The van der Waals surface area contributed by atoms with Crippen molar-refractivity contribution >= 4 is 23.7 Å². The maximum absolute atomic E-state index is 12.1. The zero-order chi connectivity index (χ0) is 19.7. The highest BCUT2D eigenvalue weighted by molar-refractivity contribution is 5.92. The third-order valence-corrected chi connectivity index (χ3v) is 3.31. The first-order valence-electron chi connectivity index (χ1n) is 7.66. The second-order valence-corrected chi connectivity index (χ2v) is 5.86. The first kappa shape index (κ1) is 22.8. The number of hydrogen-bond donors (Lipinski definition) is 7. The number of nitrogens with one attached hydrogen (secondary N) is 3. The molecule has 0 saturated heterocycles. The van der Waals surface area contributed by atoms with Crippen LogP contribution in [0.25, 0.3) is 0 Å². The van der Waals surface area contributed by atoms with Crippen LogP contribution in [0.15, 0.2) is 0 Å². The zero-order valence-corrected chi connectivity index (χ0v) is 14.4. The molecular weight excluding hydrogens is 336 g/mol. The van der Waals surface area contributed by atoms with E-state index < -0.39 is 61.1 Å². The molecule has 0 fully saturated rings. The van der Waals surface area contributed by atoms with E-state index in [4.69, 9.17) is 15.9 Å². The van der Waals surface area contributed by atoms with Crippen molar-refractivity contribution in [2.45, 2.75) is 45.0 Å². The van der Waals surface area contributed by atoms with Crippen molar-refractivity contribution in [2.24, 2.45) is 11.7 Å². The molecule has 0 spiro atoms. The molecule has 0 aromatic rings. The van der Waals surface area contributed by atoms with Crippen molar-refractivity contribution in [3.8, 4) is 0 Å². The third kappa shape index (κ3) is 7.92. The Labute approximate surface area is 145 Å². The molecule has 11 nitrogen and oxygen atoms in total. The number of carbonyl (C=O) groups is 4. The molecule has 25 heavy (non-hydrogen) atoms. The van der Waals surface area contributed by atoms with Crippen LogP contribution in [0.3, 0.4) is 0 Å². The van der Waals surface area contributed by atoms with Crippen molar-refractivity contribution in [3.05, 3.63) is 0 Å². The van der Waals surface area contributed by atoms with Gasteiger partial charge >= 0.3 is 5.97 Å². The average molecular weight is 362 g/mol. The maximum Gasteiger partial charge on any atom is 0.328 e. The number of amides is 3. The minimum absolute atomic E-state index is 0.336. The highest BCUT2D eigenvalue weighted by atomic mass is 16.4. The van der Waals surface area contributed by atoms with Crippen LogP contribution in [0.5, 0.6) is 0 Å². The molecule has 0 saturated carbocycles. The molecular formula is C14H26N4O7. The topological polar surface area (TPSA) is 191 Å². The second-order valence-electron chi connectivity index (χ2n) is 5.86. The van der Waals surface area contributed by atoms with Gasteiger partial charge in [0.25, 0.3) is 0 Å². The first-order valence-corrected chi connectivity index (χ1v) is 7.66. The fourth-order valence-corrected chi connectivity index (χ4v) is 1.71. The largest absolute Gasteiger partial charge is 0.480 e. The van der Waals surface area contributed by atoms with Crippen LogP contribution < -0.4 is 21.7 Å². The van der Waals surface area contributed by atoms with E-state index in [-0.39, 0.29) is 5.92 Å².